The highest BCUT2D eigenvalue weighted by Gasteiger charge is 2.25. The Balaban J connectivity index is 4.19. The standard InChI is InChI=1S/C24H42O4/c1-9-19(3)13-11-17-23(5,6)27-21(25)15-16-22(26)28-24(7,8)18-12-14-20(4)10-2/h9-10,19-20H,1-2,11-18H2,3-8H3. The van der Waals surface area contributed by atoms with E-state index >= 15 is 0 Å². The molecule has 0 saturated carbocycles. The lowest BCUT2D eigenvalue weighted by atomic mass is 9.96. The van der Waals surface area contributed by atoms with E-state index in [1.54, 1.807) is 0 Å². The first-order valence-corrected chi connectivity index (χ1v) is 10.6. The first-order valence-electron chi connectivity index (χ1n) is 10.6. The predicted octanol–water partition coefficient (Wildman–Crippen LogP) is 6.40. The lowest BCUT2D eigenvalue weighted by Crippen LogP contribution is -2.30. The monoisotopic (exact) mass is 394 g/mol. The lowest BCUT2D eigenvalue weighted by molar-refractivity contribution is -0.164. The van der Waals surface area contributed by atoms with Gasteiger partial charge in [0.05, 0.1) is 12.8 Å². The zero-order valence-electron chi connectivity index (χ0n) is 19.0. The van der Waals surface area contributed by atoms with Crippen LogP contribution in [-0.2, 0) is 19.1 Å². The van der Waals surface area contributed by atoms with Crippen molar-refractivity contribution in [2.24, 2.45) is 11.8 Å². The van der Waals surface area contributed by atoms with Gasteiger partial charge in [0.2, 0.25) is 0 Å². The number of hydrogen-bond donors (Lipinski definition) is 0. The molecule has 0 radical (unpaired) electrons. The van der Waals surface area contributed by atoms with Crippen LogP contribution in [0.2, 0.25) is 0 Å². The van der Waals surface area contributed by atoms with Crippen LogP contribution in [0.4, 0.5) is 0 Å². The first kappa shape index (κ1) is 26.4. The third-order valence-corrected chi connectivity index (χ3v) is 4.99. The molecule has 0 aromatic rings. The topological polar surface area (TPSA) is 52.6 Å². The molecule has 2 atom stereocenters. The van der Waals surface area contributed by atoms with Crippen LogP contribution in [0.3, 0.4) is 0 Å². The SMILES string of the molecule is C=CC(C)CCCC(C)(C)OC(=O)CCC(=O)OC(C)(C)CCCC(C)C=C. The van der Waals surface area contributed by atoms with Gasteiger partial charge in [-0.05, 0) is 78.1 Å². The second-order valence-corrected chi connectivity index (χ2v) is 9.18. The van der Waals surface area contributed by atoms with Crippen molar-refractivity contribution in [3.63, 3.8) is 0 Å². The Labute approximate surface area is 172 Å². The van der Waals surface area contributed by atoms with Gasteiger partial charge in [-0.3, -0.25) is 9.59 Å². The Morgan fingerprint density at radius 3 is 1.39 bits per heavy atom. The summed E-state index contributed by atoms with van der Waals surface area (Å²) in [7, 11) is 0. The Bertz CT molecular complexity index is 459. The number of carbonyl (C=O) groups excluding carboxylic acids is 2. The molecule has 2 unspecified atom stereocenters. The van der Waals surface area contributed by atoms with E-state index in [2.05, 4.69) is 27.0 Å². The Kier molecular flexibility index (Phi) is 12.1. The molecule has 0 aliphatic heterocycles. The second-order valence-electron chi connectivity index (χ2n) is 9.18. The van der Waals surface area contributed by atoms with E-state index in [1.807, 2.05) is 39.8 Å². The molecule has 4 nitrogen and oxygen atoms in total. The normalized spacial score (nSPS) is 14.1. The molecule has 0 saturated heterocycles. The fourth-order valence-electron chi connectivity index (χ4n) is 2.96. The summed E-state index contributed by atoms with van der Waals surface area (Å²) < 4.78 is 11.1. The molecule has 0 aliphatic rings. The van der Waals surface area contributed by atoms with Gasteiger partial charge in [0, 0.05) is 0 Å². The van der Waals surface area contributed by atoms with Gasteiger partial charge < -0.3 is 9.47 Å². The van der Waals surface area contributed by atoms with Crippen molar-refractivity contribution < 1.29 is 19.1 Å². The van der Waals surface area contributed by atoms with Crippen molar-refractivity contribution in [3.05, 3.63) is 25.3 Å². The quantitative estimate of drug-likeness (QED) is 0.238. The molecule has 0 fully saturated rings. The van der Waals surface area contributed by atoms with E-state index in [4.69, 9.17) is 9.47 Å². The van der Waals surface area contributed by atoms with E-state index in [0.29, 0.717) is 11.8 Å². The summed E-state index contributed by atoms with van der Waals surface area (Å²) in [5.41, 5.74) is -1.05. The molecule has 0 aromatic carbocycles. The Hall–Kier alpha value is -1.58. The smallest absolute Gasteiger partial charge is 0.306 e. The third kappa shape index (κ3) is 13.6. The molecule has 28 heavy (non-hydrogen) atoms. The van der Waals surface area contributed by atoms with Crippen LogP contribution in [-0.4, -0.2) is 23.1 Å². The fraction of sp³-hybridized carbons (Fsp3) is 0.750. The number of hydrogen-bond acceptors (Lipinski definition) is 4. The van der Waals surface area contributed by atoms with Gasteiger partial charge in [0.25, 0.3) is 0 Å². The van der Waals surface area contributed by atoms with E-state index < -0.39 is 11.2 Å². The minimum absolute atomic E-state index is 0.0505. The highest BCUT2D eigenvalue weighted by molar-refractivity contribution is 5.78. The summed E-state index contributed by atoms with van der Waals surface area (Å²) in [6.45, 7) is 19.5. The zero-order chi connectivity index (χ0) is 21.8. The van der Waals surface area contributed by atoms with E-state index in [1.165, 1.54) is 0 Å². The van der Waals surface area contributed by atoms with Gasteiger partial charge in [0.15, 0.2) is 0 Å². The summed E-state index contributed by atoms with van der Waals surface area (Å²) in [6, 6.07) is 0. The van der Waals surface area contributed by atoms with Crippen molar-refractivity contribution >= 4 is 11.9 Å². The van der Waals surface area contributed by atoms with Gasteiger partial charge >= 0.3 is 11.9 Å². The predicted molar refractivity (Wildman–Crippen MR) is 116 cm³/mol. The lowest BCUT2D eigenvalue weighted by Gasteiger charge is -2.27. The summed E-state index contributed by atoms with van der Waals surface area (Å²) in [5.74, 6) is 0.224. The van der Waals surface area contributed by atoms with Crippen molar-refractivity contribution in [2.75, 3.05) is 0 Å². The summed E-state index contributed by atoms with van der Waals surface area (Å²) in [4.78, 5) is 24.2. The molecule has 0 aliphatic carbocycles. The molecular weight excluding hydrogens is 352 g/mol. The molecule has 0 rings (SSSR count). The van der Waals surface area contributed by atoms with Crippen molar-refractivity contribution in [1.82, 2.24) is 0 Å². The molecule has 0 amide bonds. The summed E-state index contributed by atoms with van der Waals surface area (Å²) in [6.07, 6.45) is 9.54. The minimum atomic E-state index is -0.525. The van der Waals surface area contributed by atoms with Crippen LogP contribution < -0.4 is 0 Å². The van der Waals surface area contributed by atoms with Gasteiger partial charge in [-0.2, -0.15) is 0 Å². The molecule has 162 valence electrons. The highest BCUT2D eigenvalue weighted by atomic mass is 16.6. The summed E-state index contributed by atoms with van der Waals surface area (Å²) in [5, 5.41) is 0. The van der Waals surface area contributed by atoms with Gasteiger partial charge in [-0.1, -0.05) is 26.0 Å². The zero-order valence-corrected chi connectivity index (χ0v) is 19.0. The maximum atomic E-state index is 12.1. The number of ether oxygens (including phenoxy) is 2. The van der Waals surface area contributed by atoms with Crippen molar-refractivity contribution in [3.8, 4) is 0 Å². The van der Waals surface area contributed by atoms with E-state index in [0.717, 1.165) is 38.5 Å². The molecule has 4 heteroatoms. The number of esters is 2. The maximum Gasteiger partial charge on any atom is 0.306 e. The van der Waals surface area contributed by atoms with Crippen LogP contribution >= 0.6 is 0 Å². The number of rotatable bonds is 15. The summed E-state index contributed by atoms with van der Waals surface area (Å²) >= 11 is 0. The highest BCUT2D eigenvalue weighted by Crippen LogP contribution is 2.23. The van der Waals surface area contributed by atoms with Crippen LogP contribution in [0.15, 0.2) is 25.3 Å². The maximum absolute atomic E-state index is 12.1. The molecule has 0 bridgehead atoms. The largest absolute Gasteiger partial charge is 0.460 e. The van der Waals surface area contributed by atoms with Crippen molar-refractivity contribution in [2.45, 2.75) is 104 Å². The van der Waals surface area contributed by atoms with Crippen LogP contribution in [0.5, 0.6) is 0 Å². The fourth-order valence-corrected chi connectivity index (χ4v) is 2.96. The molecule has 0 aromatic heterocycles. The van der Waals surface area contributed by atoms with Crippen LogP contribution in [0.1, 0.15) is 92.9 Å². The van der Waals surface area contributed by atoms with Crippen LogP contribution in [0.25, 0.3) is 0 Å². The van der Waals surface area contributed by atoms with Gasteiger partial charge in [0.1, 0.15) is 11.2 Å². The molecular formula is C24H42O4. The molecule has 0 spiro atoms. The van der Waals surface area contributed by atoms with E-state index in [9.17, 15) is 9.59 Å². The van der Waals surface area contributed by atoms with Gasteiger partial charge in [-0.25, -0.2) is 0 Å². The van der Waals surface area contributed by atoms with E-state index in [-0.39, 0.29) is 24.8 Å². The Morgan fingerprint density at radius 2 is 1.11 bits per heavy atom. The number of carbonyl (C=O) groups is 2. The molecule has 0 heterocycles. The number of allylic oxidation sites excluding steroid dienone is 2. The first-order chi connectivity index (χ1) is 12.9. The van der Waals surface area contributed by atoms with Crippen molar-refractivity contribution in [1.29, 1.82) is 0 Å². The Morgan fingerprint density at radius 1 is 0.786 bits per heavy atom. The third-order valence-electron chi connectivity index (χ3n) is 4.99. The average Bonchev–Trinajstić information content (AvgIpc) is 2.58. The minimum Gasteiger partial charge on any atom is -0.460 e. The average molecular weight is 395 g/mol. The van der Waals surface area contributed by atoms with Gasteiger partial charge in [-0.15, -0.1) is 13.2 Å². The van der Waals surface area contributed by atoms with Crippen LogP contribution in [0, 0.1) is 11.8 Å². The molecule has 0 N–H and O–H groups in total. The second kappa shape index (κ2) is 12.8.